The third-order valence-electron chi connectivity index (χ3n) is 10.5. The maximum atomic E-state index is 14.5. The van der Waals surface area contributed by atoms with Crippen molar-refractivity contribution in [1.82, 2.24) is 20.2 Å². The topological polar surface area (TPSA) is 53.5 Å². The molecule has 40 heavy (non-hydrogen) atoms. The third-order valence-corrected chi connectivity index (χ3v) is 10.8. The zero-order valence-electron chi connectivity index (χ0n) is 23.0. The number of nitrogens with one attached hydrogen (secondary N) is 1. The van der Waals surface area contributed by atoms with E-state index in [1.54, 1.807) is 0 Å². The number of nitrogens with zero attached hydrogens (tertiary/aromatic N) is 4. The summed E-state index contributed by atoms with van der Waals surface area (Å²) in [6.07, 6.45) is 10.6. The number of rotatable bonds is 5. The molecule has 6 heterocycles. The van der Waals surface area contributed by atoms with E-state index in [2.05, 4.69) is 21.2 Å². The number of fused-ring (bicyclic) bond motifs is 5. The molecule has 8 heteroatoms. The van der Waals surface area contributed by atoms with Gasteiger partial charge in [-0.25, -0.2) is 4.39 Å². The lowest BCUT2D eigenvalue weighted by Gasteiger charge is -2.35. The van der Waals surface area contributed by atoms with Crippen LogP contribution in [-0.4, -0.2) is 58.7 Å². The van der Waals surface area contributed by atoms with Gasteiger partial charge in [0.2, 0.25) is 0 Å². The summed E-state index contributed by atoms with van der Waals surface area (Å²) >= 11 is 6.53. The lowest BCUT2D eigenvalue weighted by molar-refractivity contribution is 0.107. The molecule has 3 aromatic rings. The van der Waals surface area contributed by atoms with Gasteiger partial charge < -0.3 is 15.0 Å². The maximum Gasteiger partial charge on any atom is 0.316 e. The van der Waals surface area contributed by atoms with Gasteiger partial charge in [-0.1, -0.05) is 29.8 Å². The largest absolute Gasteiger partial charge is 0.461 e. The Labute approximate surface area is 240 Å². The minimum atomic E-state index is -0.382. The predicted molar refractivity (Wildman–Crippen MR) is 156 cm³/mol. The van der Waals surface area contributed by atoms with Gasteiger partial charge in [-0.3, -0.25) is 4.90 Å². The minimum Gasteiger partial charge on any atom is -0.461 e. The molecule has 0 spiro atoms. The molecule has 4 saturated heterocycles. The summed E-state index contributed by atoms with van der Waals surface area (Å²) in [6, 6.07) is 11.1. The molecular weight excluding hydrogens is 525 g/mol. The molecule has 4 fully saturated rings. The van der Waals surface area contributed by atoms with Crippen molar-refractivity contribution in [2.45, 2.75) is 87.9 Å². The van der Waals surface area contributed by atoms with E-state index in [-0.39, 0.29) is 16.4 Å². The molecule has 8 rings (SSSR count). The first-order valence-electron chi connectivity index (χ1n) is 15.2. The van der Waals surface area contributed by atoms with Crippen LogP contribution in [0.1, 0.15) is 74.2 Å². The van der Waals surface area contributed by atoms with E-state index < -0.39 is 0 Å². The van der Waals surface area contributed by atoms with E-state index in [1.165, 1.54) is 68.9 Å². The van der Waals surface area contributed by atoms with Gasteiger partial charge in [0.25, 0.3) is 0 Å². The van der Waals surface area contributed by atoms with E-state index in [0.717, 1.165) is 48.0 Å². The fourth-order valence-electron chi connectivity index (χ4n) is 8.54. The zero-order valence-corrected chi connectivity index (χ0v) is 23.7. The quantitative estimate of drug-likeness (QED) is 0.413. The van der Waals surface area contributed by atoms with Crippen molar-refractivity contribution in [3.05, 3.63) is 58.1 Å². The molecule has 1 N–H and O–H groups in total. The van der Waals surface area contributed by atoms with Crippen molar-refractivity contribution in [3.63, 3.8) is 0 Å². The number of hydrogen-bond donors (Lipinski definition) is 1. The molecule has 2 aromatic carbocycles. The van der Waals surface area contributed by atoms with Crippen LogP contribution in [0.3, 0.4) is 0 Å². The van der Waals surface area contributed by atoms with E-state index >= 15 is 0 Å². The van der Waals surface area contributed by atoms with Crippen LogP contribution in [0.25, 0.3) is 10.8 Å². The number of anilines is 1. The first kappa shape index (κ1) is 25.2. The summed E-state index contributed by atoms with van der Waals surface area (Å²) in [5.74, 6) is 0.0604. The maximum absolute atomic E-state index is 14.5. The van der Waals surface area contributed by atoms with Gasteiger partial charge >= 0.3 is 6.01 Å². The summed E-state index contributed by atoms with van der Waals surface area (Å²) in [4.78, 5) is 15.2. The molecule has 2 bridgehead atoms. The monoisotopic (exact) mass is 561 g/mol. The second-order valence-electron chi connectivity index (χ2n) is 12.7. The van der Waals surface area contributed by atoms with Crippen molar-refractivity contribution in [3.8, 4) is 6.01 Å². The fourth-order valence-corrected chi connectivity index (χ4v) is 8.81. The first-order valence-corrected chi connectivity index (χ1v) is 15.6. The molecule has 0 amide bonds. The lowest BCUT2D eigenvalue weighted by atomic mass is 9.85. The van der Waals surface area contributed by atoms with Crippen molar-refractivity contribution < 1.29 is 9.13 Å². The molecule has 5 aliphatic rings. The van der Waals surface area contributed by atoms with Crippen LogP contribution >= 0.6 is 11.6 Å². The Balaban J connectivity index is 1.15. The highest BCUT2D eigenvalue weighted by Crippen LogP contribution is 2.42. The Morgan fingerprint density at radius 3 is 2.62 bits per heavy atom. The third kappa shape index (κ3) is 4.19. The second kappa shape index (κ2) is 9.81. The SMILES string of the molecule is Fc1ccc2cccc(N3CCc4c(nc(OCC56CCCN5CCC6)nc4C4CC5CCC(C4)N5)C3)c2c1Cl. The van der Waals surface area contributed by atoms with Crippen LogP contribution in [0.4, 0.5) is 10.1 Å². The molecule has 6 nitrogen and oxygen atoms in total. The van der Waals surface area contributed by atoms with Crippen molar-refractivity contribution in [2.24, 2.45) is 0 Å². The smallest absolute Gasteiger partial charge is 0.316 e. The Kier molecular flexibility index (Phi) is 6.19. The number of piperidine rings is 1. The highest BCUT2D eigenvalue weighted by atomic mass is 35.5. The Morgan fingerprint density at radius 2 is 1.82 bits per heavy atom. The second-order valence-corrected chi connectivity index (χ2v) is 13.1. The summed E-state index contributed by atoms with van der Waals surface area (Å²) < 4.78 is 21.1. The van der Waals surface area contributed by atoms with Crippen molar-refractivity contribution >= 4 is 28.1 Å². The van der Waals surface area contributed by atoms with Gasteiger partial charge in [-0.2, -0.15) is 9.97 Å². The van der Waals surface area contributed by atoms with Crippen LogP contribution in [0.5, 0.6) is 6.01 Å². The molecule has 0 radical (unpaired) electrons. The fraction of sp³-hybridized carbons (Fsp3) is 0.562. The molecule has 0 aliphatic carbocycles. The van der Waals surface area contributed by atoms with E-state index in [9.17, 15) is 4.39 Å². The number of hydrogen-bond acceptors (Lipinski definition) is 6. The first-order chi connectivity index (χ1) is 19.6. The average Bonchev–Trinajstić information content (AvgIpc) is 3.66. The Hall–Kier alpha value is -2.48. The van der Waals surface area contributed by atoms with Gasteiger partial charge in [-0.05, 0) is 94.0 Å². The van der Waals surface area contributed by atoms with Gasteiger partial charge in [0, 0.05) is 35.6 Å². The molecule has 5 aliphatic heterocycles. The minimum absolute atomic E-state index is 0.156. The highest BCUT2D eigenvalue weighted by molar-refractivity contribution is 6.36. The van der Waals surface area contributed by atoms with E-state index in [0.29, 0.717) is 37.2 Å². The van der Waals surface area contributed by atoms with Crippen molar-refractivity contribution in [1.29, 1.82) is 0 Å². The summed E-state index contributed by atoms with van der Waals surface area (Å²) in [6.45, 7) is 4.50. The number of aromatic nitrogens is 2. The van der Waals surface area contributed by atoms with Crippen LogP contribution in [0.2, 0.25) is 5.02 Å². The van der Waals surface area contributed by atoms with Crippen LogP contribution in [0, 0.1) is 5.82 Å². The van der Waals surface area contributed by atoms with Crippen molar-refractivity contribution in [2.75, 3.05) is 31.1 Å². The molecule has 2 unspecified atom stereocenters. The Morgan fingerprint density at radius 1 is 1.02 bits per heavy atom. The van der Waals surface area contributed by atoms with Crippen LogP contribution < -0.4 is 15.0 Å². The number of ether oxygens (including phenoxy) is 1. The molecule has 210 valence electrons. The standard InChI is InChI=1S/C32H37ClFN5O/c33-29-25(34)9-6-20-4-1-5-27(28(20)29)38-15-10-24-26(18-38)36-31(40-19-32-11-2-13-39(32)14-3-12-32)37-30(24)21-16-22-7-8-23(17-21)35-22/h1,4-6,9,21-23,35H,2-3,7-8,10-19H2. The number of halogens is 2. The summed E-state index contributed by atoms with van der Waals surface area (Å²) in [5.41, 5.74) is 4.68. The van der Waals surface area contributed by atoms with E-state index in [1.807, 2.05) is 18.2 Å². The molecule has 1 aromatic heterocycles. The Bertz CT molecular complexity index is 1440. The summed E-state index contributed by atoms with van der Waals surface area (Å²) in [7, 11) is 0. The molecule has 2 atom stereocenters. The van der Waals surface area contributed by atoms with Gasteiger partial charge in [0.1, 0.15) is 12.4 Å². The van der Waals surface area contributed by atoms with E-state index in [4.69, 9.17) is 26.3 Å². The molecule has 0 saturated carbocycles. The van der Waals surface area contributed by atoms with Gasteiger partial charge in [0.15, 0.2) is 0 Å². The normalized spacial score (nSPS) is 27.2. The summed E-state index contributed by atoms with van der Waals surface area (Å²) in [5, 5.41) is 5.70. The van der Waals surface area contributed by atoms with Crippen LogP contribution in [-0.2, 0) is 13.0 Å². The lowest BCUT2D eigenvalue weighted by Crippen LogP contribution is -2.43. The predicted octanol–water partition coefficient (Wildman–Crippen LogP) is 5.99. The van der Waals surface area contributed by atoms with Gasteiger partial charge in [-0.15, -0.1) is 0 Å². The van der Waals surface area contributed by atoms with Crippen LogP contribution in [0.15, 0.2) is 30.3 Å². The van der Waals surface area contributed by atoms with Gasteiger partial charge in [0.05, 0.1) is 28.5 Å². The number of benzene rings is 2. The highest BCUT2D eigenvalue weighted by Gasteiger charge is 2.45. The zero-order chi connectivity index (χ0) is 26.8. The molecular formula is C32H37ClFN5O. The average molecular weight is 562 g/mol.